The highest BCUT2D eigenvalue weighted by Crippen LogP contribution is 2.11. The van der Waals surface area contributed by atoms with Gasteiger partial charge >= 0.3 is 0 Å². The van der Waals surface area contributed by atoms with Gasteiger partial charge in [-0.2, -0.15) is 0 Å². The summed E-state index contributed by atoms with van der Waals surface area (Å²) in [6.07, 6.45) is 3.51. The van der Waals surface area contributed by atoms with Gasteiger partial charge in [0.15, 0.2) is 0 Å². The summed E-state index contributed by atoms with van der Waals surface area (Å²) in [7, 11) is 0. The van der Waals surface area contributed by atoms with Crippen LogP contribution in [-0.4, -0.2) is 10.9 Å². The number of carbonyl (C=O) groups excluding carboxylic acids is 1. The Morgan fingerprint density at radius 3 is 2.60 bits per heavy atom. The molecular weight excluding hydrogens is 323 g/mol. The largest absolute Gasteiger partial charge is 0.311 e. The molecule has 0 spiro atoms. The van der Waals surface area contributed by atoms with Crippen molar-refractivity contribution in [2.24, 2.45) is 0 Å². The Balaban J connectivity index is 1.75. The lowest BCUT2D eigenvalue weighted by Crippen LogP contribution is -2.12. The highest BCUT2D eigenvalue weighted by molar-refractivity contribution is 9.10. The van der Waals surface area contributed by atoms with Crippen LogP contribution in [0, 0.1) is 5.82 Å². The fourth-order valence-electron chi connectivity index (χ4n) is 1.76. The van der Waals surface area contributed by atoms with Gasteiger partial charge in [-0.05, 0) is 58.6 Å². The fourth-order valence-corrected chi connectivity index (χ4v) is 1.99. The van der Waals surface area contributed by atoms with Crippen molar-refractivity contribution in [3.63, 3.8) is 0 Å². The highest BCUT2D eigenvalue weighted by atomic mass is 79.9. The summed E-state index contributed by atoms with van der Waals surface area (Å²) < 4.78 is 13.6. The number of aromatic nitrogens is 1. The van der Waals surface area contributed by atoms with Gasteiger partial charge in [-0.15, -0.1) is 0 Å². The number of carbonyl (C=O) groups is 1. The molecule has 2 aromatic rings. The molecule has 0 atom stereocenters. The average molecular weight is 337 g/mol. The van der Waals surface area contributed by atoms with Crippen LogP contribution in [0.3, 0.4) is 0 Å². The minimum atomic E-state index is -0.243. The Morgan fingerprint density at radius 2 is 1.95 bits per heavy atom. The Morgan fingerprint density at radius 1 is 1.20 bits per heavy atom. The van der Waals surface area contributed by atoms with Crippen molar-refractivity contribution in [2.75, 3.05) is 5.32 Å². The maximum Gasteiger partial charge on any atom is 0.225 e. The summed E-state index contributed by atoms with van der Waals surface area (Å²) in [5.74, 6) is 0.231. The standard InChI is InChI=1S/C15H14BrFN2O/c16-12-6-9-14(18-10-12)19-15(20)3-1-2-11-4-7-13(17)8-5-11/h4-10H,1-3H2,(H,18,19,20). The lowest BCUT2D eigenvalue weighted by molar-refractivity contribution is -0.116. The molecule has 0 saturated heterocycles. The van der Waals surface area contributed by atoms with E-state index in [1.165, 1.54) is 12.1 Å². The van der Waals surface area contributed by atoms with E-state index in [-0.39, 0.29) is 11.7 Å². The third-order valence-electron chi connectivity index (χ3n) is 2.78. The quantitative estimate of drug-likeness (QED) is 0.898. The van der Waals surface area contributed by atoms with Crippen molar-refractivity contribution >= 4 is 27.7 Å². The zero-order valence-corrected chi connectivity index (χ0v) is 12.4. The molecule has 0 unspecified atom stereocenters. The molecule has 104 valence electrons. The van der Waals surface area contributed by atoms with Gasteiger partial charge in [0.25, 0.3) is 0 Å². The Hall–Kier alpha value is -1.75. The molecule has 5 heteroatoms. The highest BCUT2D eigenvalue weighted by Gasteiger charge is 2.03. The number of rotatable bonds is 5. The van der Waals surface area contributed by atoms with E-state index >= 15 is 0 Å². The SMILES string of the molecule is O=C(CCCc1ccc(F)cc1)Nc1ccc(Br)cn1. The molecule has 1 amide bonds. The minimum absolute atomic E-state index is 0.0677. The zero-order chi connectivity index (χ0) is 14.4. The third kappa shape index (κ3) is 4.74. The summed E-state index contributed by atoms with van der Waals surface area (Å²) in [6.45, 7) is 0. The van der Waals surface area contributed by atoms with Crippen molar-refractivity contribution in [3.8, 4) is 0 Å². The summed E-state index contributed by atoms with van der Waals surface area (Å²) in [5.41, 5.74) is 1.03. The average Bonchev–Trinajstić information content (AvgIpc) is 2.44. The maximum absolute atomic E-state index is 12.7. The Bertz CT molecular complexity index is 569. The van der Waals surface area contributed by atoms with E-state index < -0.39 is 0 Å². The van der Waals surface area contributed by atoms with Crippen LogP contribution in [0.5, 0.6) is 0 Å². The first-order chi connectivity index (χ1) is 9.63. The number of anilines is 1. The van der Waals surface area contributed by atoms with E-state index in [2.05, 4.69) is 26.2 Å². The first kappa shape index (κ1) is 14.7. The molecule has 3 nitrogen and oxygen atoms in total. The second kappa shape index (κ2) is 7.14. The first-order valence-corrected chi connectivity index (χ1v) is 7.08. The number of pyridine rings is 1. The Kier molecular flexibility index (Phi) is 5.24. The Labute approximate surface area is 125 Å². The third-order valence-corrected chi connectivity index (χ3v) is 3.25. The van der Waals surface area contributed by atoms with Crippen LogP contribution < -0.4 is 5.32 Å². The molecule has 0 bridgehead atoms. The van der Waals surface area contributed by atoms with Crippen LogP contribution in [0.2, 0.25) is 0 Å². The number of halogens is 2. The molecule has 1 heterocycles. The summed E-state index contributed by atoms with van der Waals surface area (Å²) in [5, 5.41) is 2.73. The number of aryl methyl sites for hydroxylation is 1. The zero-order valence-electron chi connectivity index (χ0n) is 10.8. The van der Waals surface area contributed by atoms with Crippen molar-refractivity contribution in [1.29, 1.82) is 0 Å². The van der Waals surface area contributed by atoms with Crippen LogP contribution in [0.1, 0.15) is 18.4 Å². The number of nitrogens with one attached hydrogen (secondary N) is 1. The van der Waals surface area contributed by atoms with Crippen LogP contribution in [-0.2, 0) is 11.2 Å². The molecule has 1 aromatic carbocycles. The normalized spacial score (nSPS) is 10.3. The predicted octanol–water partition coefficient (Wildman–Crippen LogP) is 3.94. The van der Waals surface area contributed by atoms with Gasteiger partial charge in [0.2, 0.25) is 5.91 Å². The van der Waals surface area contributed by atoms with Crippen LogP contribution in [0.4, 0.5) is 10.2 Å². The van der Waals surface area contributed by atoms with Gasteiger partial charge in [0.05, 0.1) is 0 Å². The van der Waals surface area contributed by atoms with Gasteiger partial charge in [-0.3, -0.25) is 4.79 Å². The van der Waals surface area contributed by atoms with Gasteiger partial charge in [-0.1, -0.05) is 12.1 Å². The molecule has 0 aliphatic carbocycles. The second-order valence-corrected chi connectivity index (χ2v) is 5.31. The van der Waals surface area contributed by atoms with Crippen molar-refractivity contribution in [1.82, 2.24) is 4.98 Å². The summed E-state index contributed by atoms with van der Waals surface area (Å²) >= 11 is 3.28. The molecule has 0 radical (unpaired) electrons. The molecule has 2 rings (SSSR count). The molecule has 1 N–H and O–H groups in total. The first-order valence-electron chi connectivity index (χ1n) is 6.29. The van der Waals surface area contributed by atoms with E-state index in [1.807, 2.05) is 6.07 Å². The molecule has 0 fully saturated rings. The van der Waals surface area contributed by atoms with E-state index in [0.29, 0.717) is 18.7 Å². The number of nitrogens with zero attached hydrogens (tertiary/aromatic N) is 1. The summed E-state index contributed by atoms with van der Waals surface area (Å²) in [6, 6.07) is 9.90. The van der Waals surface area contributed by atoms with Gasteiger partial charge < -0.3 is 5.32 Å². The van der Waals surface area contributed by atoms with Crippen LogP contribution in [0.15, 0.2) is 47.1 Å². The van der Waals surface area contributed by atoms with E-state index in [9.17, 15) is 9.18 Å². The van der Waals surface area contributed by atoms with E-state index in [4.69, 9.17) is 0 Å². The molecule has 0 aliphatic heterocycles. The minimum Gasteiger partial charge on any atom is -0.311 e. The molecule has 1 aromatic heterocycles. The second-order valence-electron chi connectivity index (χ2n) is 4.39. The number of amides is 1. The monoisotopic (exact) mass is 336 g/mol. The maximum atomic E-state index is 12.7. The molecule has 20 heavy (non-hydrogen) atoms. The number of hydrogen-bond donors (Lipinski definition) is 1. The van der Waals surface area contributed by atoms with Crippen molar-refractivity contribution < 1.29 is 9.18 Å². The van der Waals surface area contributed by atoms with Crippen LogP contribution in [0.25, 0.3) is 0 Å². The van der Waals surface area contributed by atoms with Crippen molar-refractivity contribution in [2.45, 2.75) is 19.3 Å². The fraction of sp³-hybridized carbons (Fsp3) is 0.200. The van der Waals surface area contributed by atoms with E-state index in [1.54, 1.807) is 24.4 Å². The topological polar surface area (TPSA) is 42.0 Å². The number of hydrogen-bond acceptors (Lipinski definition) is 2. The van der Waals surface area contributed by atoms with Crippen LogP contribution >= 0.6 is 15.9 Å². The molecular formula is C15H14BrFN2O. The molecule has 0 saturated carbocycles. The predicted molar refractivity (Wildman–Crippen MR) is 79.9 cm³/mol. The number of benzene rings is 1. The lowest BCUT2D eigenvalue weighted by atomic mass is 10.1. The summed E-state index contributed by atoms with van der Waals surface area (Å²) in [4.78, 5) is 15.8. The molecule has 0 aliphatic rings. The van der Waals surface area contributed by atoms with Gasteiger partial charge in [-0.25, -0.2) is 9.37 Å². The van der Waals surface area contributed by atoms with Crippen molar-refractivity contribution in [3.05, 3.63) is 58.4 Å². The smallest absolute Gasteiger partial charge is 0.225 e. The van der Waals surface area contributed by atoms with Gasteiger partial charge in [0, 0.05) is 17.1 Å². The van der Waals surface area contributed by atoms with E-state index in [0.717, 1.165) is 16.5 Å². The lowest BCUT2D eigenvalue weighted by Gasteiger charge is -2.04. The van der Waals surface area contributed by atoms with Gasteiger partial charge in [0.1, 0.15) is 11.6 Å².